The molecule has 26 rings (SSSR count). The maximum atomic E-state index is 6.30. The van der Waals surface area contributed by atoms with Crippen LogP contribution in [0.2, 0.25) is 15.9 Å². The fraction of sp³-hybridized carbons (Fsp3) is 0.101. The van der Waals surface area contributed by atoms with Crippen LogP contribution in [-0.2, 0) is 18.6 Å². The van der Waals surface area contributed by atoms with E-state index in [-0.39, 0.29) is 45.4 Å². The lowest BCUT2D eigenvalue weighted by Crippen LogP contribution is -2.41. The Morgan fingerprint density at radius 1 is 0.180 bits per heavy atom. The summed E-state index contributed by atoms with van der Waals surface area (Å²) >= 11 is 17.9. The van der Waals surface area contributed by atoms with E-state index in [9.17, 15) is 0 Å². The molecule has 0 bridgehead atoms. The van der Waals surface area contributed by atoms with Gasteiger partial charge in [0.05, 0.1) is 22.4 Å². The second kappa shape index (κ2) is 41.8. The lowest BCUT2D eigenvalue weighted by atomic mass is 9.79. The summed E-state index contributed by atoms with van der Waals surface area (Å²) in [5, 5.41) is 0.281. The highest BCUT2D eigenvalue weighted by atomic mass is 35.5. The van der Waals surface area contributed by atoms with Gasteiger partial charge in [0.1, 0.15) is 27.6 Å². The summed E-state index contributed by atoms with van der Waals surface area (Å²) in [6.45, 7) is 16.4. The minimum atomic E-state index is -0.392. The number of nitrogens with zero attached hydrogens (tertiary/aromatic N) is 17. The average molecular weight is 2030 g/mol. The number of hydrogen-bond donors (Lipinski definition) is 0. The zero-order valence-corrected chi connectivity index (χ0v) is 84.3. The fourth-order valence-electron chi connectivity index (χ4n) is 16.8. The van der Waals surface area contributed by atoms with Gasteiger partial charge < -0.3 is 40.7 Å². The Balaban J connectivity index is 0.000000110. The Bertz CT molecular complexity index is 8880. The largest absolute Gasteiger partial charge is 0.494 e. The number of hydrogen-bond acceptors (Lipinski definition) is 26. The molecule has 13 heterocycles. The van der Waals surface area contributed by atoms with Crippen LogP contribution in [0.3, 0.4) is 0 Å². The van der Waals surface area contributed by atoms with Crippen LogP contribution in [0.1, 0.15) is 55.4 Å². The van der Waals surface area contributed by atoms with E-state index in [0.29, 0.717) is 81.1 Å². The van der Waals surface area contributed by atoms with Crippen molar-refractivity contribution in [3.63, 3.8) is 0 Å². The molecule has 13 aromatic carbocycles. The van der Waals surface area contributed by atoms with E-state index < -0.39 is 7.12 Å². The van der Waals surface area contributed by atoms with Gasteiger partial charge in [-0.25, -0.2) is 44.9 Å². The van der Waals surface area contributed by atoms with Crippen LogP contribution in [0.4, 0.5) is 0 Å². The molecule has 730 valence electrons. The number of fused-ring (bicyclic) bond motifs is 5. The molecule has 2 fully saturated rings. The smallest absolute Gasteiger partial charge is 0.436 e. The highest BCUT2D eigenvalue weighted by molar-refractivity contribution is 6.62. The number of pyridine rings is 3. The second-order valence-corrected chi connectivity index (χ2v) is 38.3. The van der Waals surface area contributed by atoms with Crippen LogP contribution in [-0.4, -0.2) is 121 Å². The molecule has 0 amide bonds. The second-order valence-electron chi connectivity index (χ2n) is 37.3. The first-order valence-corrected chi connectivity index (χ1v) is 49.3. The minimum absolute atomic E-state index is 0.0781. The van der Waals surface area contributed by atoms with E-state index in [2.05, 4.69) is 127 Å². The third kappa shape index (κ3) is 21.4. The van der Waals surface area contributed by atoms with Crippen LogP contribution in [0, 0.1) is 0 Å². The lowest BCUT2D eigenvalue weighted by Gasteiger charge is -2.32. The van der Waals surface area contributed by atoms with E-state index in [4.69, 9.17) is 100 Å². The molecule has 0 N–H and O–H groups in total. The van der Waals surface area contributed by atoms with E-state index in [1.807, 2.05) is 340 Å². The van der Waals surface area contributed by atoms with Crippen molar-refractivity contribution in [3.05, 3.63) is 405 Å². The lowest BCUT2D eigenvalue weighted by molar-refractivity contribution is 0.00578. The number of rotatable bonds is 16. The Morgan fingerprint density at radius 3 is 0.780 bits per heavy atom. The predicted octanol–water partition coefficient (Wildman–Crippen LogP) is 27.8. The van der Waals surface area contributed by atoms with E-state index in [1.165, 1.54) is 0 Å². The van der Waals surface area contributed by atoms with Crippen LogP contribution >= 0.6 is 34.8 Å². The van der Waals surface area contributed by atoms with Gasteiger partial charge in [0.25, 0.3) is 0 Å². The molecule has 11 aromatic heterocycles. The molecular weight excluding hydrogens is 1940 g/mol. The molecule has 2 saturated heterocycles. The van der Waals surface area contributed by atoms with Gasteiger partial charge in [0.2, 0.25) is 45.3 Å². The number of para-hydroxylation sites is 4. The summed E-state index contributed by atoms with van der Waals surface area (Å²) in [5.74, 6) is 5.97. The summed E-state index contributed by atoms with van der Waals surface area (Å²) in [6, 6.07) is 114. The van der Waals surface area contributed by atoms with E-state index in [0.717, 1.165) is 144 Å². The summed E-state index contributed by atoms with van der Waals surface area (Å²) in [7, 11) is -0.746. The minimum Gasteiger partial charge on any atom is -0.436 e. The van der Waals surface area contributed by atoms with Crippen LogP contribution in [0.5, 0.6) is 0 Å². The molecule has 0 aliphatic carbocycles. The molecule has 2 aliphatic rings. The van der Waals surface area contributed by atoms with Crippen molar-refractivity contribution in [2.24, 2.45) is 0 Å². The predicted molar refractivity (Wildman–Crippen MR) is 586 cm³/mol. The molecule has 0 spiro atoms. The van der Waals surface area contributed by atoms with Crippen molar-refractivity contribution in [1.29, 1.82) is 0 Å². The molecule has 24 aromatic rings. The Hall–Kier alpha value is -17.5. The number of halogens is 3. The number of aromatic nitrogens is 17. The first kappa shape index (κ1) is 97.3. The monoisotopic (exact) mass is 2030 g/mol. The van der Waals surface area contributed by atoms with Gasteiger partial charge in [-0.3, -0.25) is 15.0 Å². The molecule has 0 atom stereocenters. The van der Waals surface area contributed by atoms with Gasteiger partial charge in [-0.1, -0.05) is 164 Å². The van der Waals surface area contributed by atoms with Gasteiger partial charge in [-0.05, 0) is 323 Å². The van der Waals surface area contributed by atoms with Crippen molar-refractivity contribution in [3.8, 4) is 159 Å². The third-order valence-corrected chi connectivity index (χ3v) is 26.7. The molecule has 0 unspecified atom stereocenters. The summed E-state index contributed by atoms with van der Waals surface area (Å²) in [6.07, 6.45) is 10.6. The molecule has 0 saturated carbocycles. The van der Waals surface area contributed by atoms with Gasteiger partial charge in [0, 0.05) is 98.4 Å². The summed E-state index contributed by atoms with van der Waals surface area (Å²) in [4.78, 5) is 75.7. The van der Waals surface area contributed by atoms with E-state index in [1.54, 1.807) is 37.2 Å². The fourth-order valence-corrected chi connectivity index (χ4v) is 17.3. The van der Waals surface area contributed by atoms with E-state index >= 15 is 0 Å². The zero-order valence-electron chi connectivity index (χ0n) is 82.0. The summed E-state index contributed by atoms with van der Waals surface area (Å²) < 4.78 is 54.0. The molecule has 150 heavy (non-hydrogen) atoms. The Morgan fingerprint density at radius 2 is 0.420 bits per heavy atom. The highest BCUT2D eigenvalue weighted by Gasteiger charge is 2.53. The molecule has 31 heteroatoms. The third-order valence-electron chi connectivity index (χ3n) is 26.2. The molecule has 26 nitrogen and oxygen atoms in total. The van der Waals surface area contributed by atoms with Crippen LogP contribution in [0.15, 0.2) is 411 Å². The topological polar surface area (TPSA) is 322 Å². The molecular formula is C119H88B2Cl3N17O9. The summed E-state index contributed by atoms with van der Waals surface area (Å²) in [5.41, 5.74) is 24.0. The molecule has 2 aliphatic heterocycles. The maximum Gasteiger partial charge on any atom is 0.494 e. The zero-order chi connectivity index (χ0) is 103. The van der Waals surface area contributed by atoms with Crippen LogP contribution in [0.25, 0.3) is 214 Å². The van der Waals surface area contributed by atoms with Gasteiger partial charge in [0.15, 0.2) is 62.9 Å². The van der Waals surface area contributed by atoms with Crippen molar-refractivity contribution in [2.75, 3.05) is 0 Å². The van der Waals surface area contributed by atoms with Gasteiger partial charge in [-0.15, -0.1) is 0 Å². The Kier molecular flexibility index (Phi) is 27.1. The van der Waals surface area contributed by atoms with Crippen molar-refractivity contribution < 1.29 is 40.7 Å². The average Bonchev–Trinajstić information content (AvgIpc) is 1.61. The van der Waals surface area contributed by atoms with Crippen molar-refractivity contribution >= 4 is 115 Å². The van der Waals surface area contributed by atoms with Crippen LogP contribution < -0.4 is 10.9 Å². The first-order valence-electron chi connectivity index (χ1n) is 48.2. The van der Waals surface area contributed by atoms with Gasteiger partial charge >= 0.3 is 14.2 Å². The number of oxazole rings is 5. The maximum absolute atomic E-state index is 6.30. The Labute approximate surface area is 876 Å². The molecule has 0 radical (unpaired) electrons. The standard InChI is InChI=1S/C40H24N6O2.C27H16ClN5O.2C19H20BNO3.C14H8Cl2N4/c1-2-7-27(8-3-1)39-43-33-24-31(17-18-35(33)48-39)38-45-36(26-13-15-28(16-14-26)40-42-32-11-4-5-12-34(32)47-40)44-37(46-38)30-10-6-9-29(23-30)25-19-21-41-22-20-25;28-27-32-24(20-8-4-7-19(15-20)17-11-13-29-14-12-17)31-25(33-27)21-9-10-23-22(16-21)30-26(34-23)18-5-2-1-3-6-18;1-18(2)19(3,4)24-20(23-18)14-11-9-13(10-12-14)17-21-15-7-5-6-8-16(15)22-17;1-18(2)19(3,4)24-20(23-18)14-10-11-16-15(12-14)21-17(22-16)13-8-6-5-7-9-13;15-13-18-12(19-14(16)20-13)11-3-1-2-10(8-11)9-4-6-17-7-5-9/h1-24H;1-16H;2*5-12H,1-4H3;1-8H. The van der Waals surface area contributed by atoms with Crippen molar-refractivity contribution in [2.45, 2.75) is 77.8 Å². The number of benzene rings is 13. The van der Waals surface area contributed by atoms with Crippen molar-refractivity contribution in [1.82, 2.24) is 84.7 Å². The normalized spacial score (nSPS) is 13.6. The highest BCUT2D eigenvalue weighted by Crippen LogP contribution is 2.42. The van der Waals surface area contributed by atoms with Gasteiger partial charge in [-0.2, -0.15) is 24.9 Å². The quantitative estimate of drug-likeness (QED) is 0.0811. The first-order chi connectivity index (χ1) is 72.9. The SMILES string of the molecule is CC1(C)OB(c2ccc(-c3nc4ccccc4o3)cc2)OC1(C)C.CC1(C)OB(c2ccc3oc(-c4ccccc4)nc3c2)OC1(C)C.Clc1nc(-c2cccc(-c3ccncc3)c2)nc(-c2ccc3oc(-c4ccccc4)nc3c2)n1.Clc1nc(Cl)nc(-c2cccc(-c3ccncc3)c2)n1.c1ccc(-c2nc3cc(-c4nc(-c5ccc(-c6nc7ccccc7o6)cc5)nc(-c5cccc(-c6ccncc6)c5)n4)ccc3o2)cc1.